The summed E-state index contributed by atoms with van der Waals surface area (Å²) >= 11 is 0. The van der Waals surface area contributed by atoms with Gasteiger partial charge in [0, 0.05) is 12.1 Å². The van der Waals surface area contributed by atoms with Gasteiger partial charge in [-0.2, -0.15) is 0 Å². The predicted molar refractivity (Wildman–Crippen MR) is 48.3 cm³/mol. The van der Waals surface area contributed by atoms with E-state index in [0.717, 1.165) is 4.73 Å². The van der Waals surface area contributed by atoms with Crippen LogP contribution in [0.15, 0.2) is 36.6 Å². The summed E-state index contributed by atoms with van der Waals surface area (Å²) in [6.45, 7) is 8.85. The van der Waals surface area contributed by atoms with Gasteiger partial charge in [0.05, 0.1) is 0 Å². The highest BCUT2D eigenvalue weighted by molar-refractivity contribution is 5.24. The largest absolute Gasteiger partial charge is 0.492 e. The van der Waals surface area contributed by atoms with E-state index in [-0.39, 0.29) is 17.5 Å². The second-order valence-corrected chi connectivity index (χ2v) is 2.64. The van der Waals surface area contributed by atoms with Crippen molar-refractivity contribution in [1.29, 1.82) is 0 Å². The lowest BCUT2D eigenvalue weighted by Gasteiger charge is -2.09. The zero-order valence-electron chi connectivity index (χ0n) is 7.32. The molecule has 70 valence electrons. The molecule has 0 atom stereocenters. The van der Waals surface area contributed by atoms with Gasteiger partial charge in [0.1, 0.15) is 0 Å². The molecule has 0 unspecified atom stereocenters. The Morgan fingerprint density at radius 1 is 1.31 bits per heavy atom. The zero-order valence-corrected chi connectivity index (χ0v) is 7.32. The second kappa shape index (κ2) is 3.26. The highest BCUT2D eigenvalue weighted by Crippen LogP contribution is 2.20. The Kier molecular flexibility index (Phi) is 2.32. The summed E-state index contributed by atoms with van der Waals surface area (Å²) in [6.07, 6.45) is 0. The van der Waals surface area contributed by atoms with Crippen molar-refractivity contribution in [2.24, 2.45) is 0 Å². The standard InChI is InChI=1S/C9H11NO3/c1-6(2)7(3)13-10-8(11)4-5-9(10)12/h4-5,11-12H,1,3H2,2H3. The number of hydrogen-bond acceptors (Lipinski definition) is 3. The molecule has 0 spiro atoms. The van der Waals surface area contributed by atoms with Crippen LogP contribution in [0.25, 0.3) is 0 Å². The van der Waals surface area contributed by atoms with Gasteiger partial charge in [-0.15, -0.1) is 4.73 Å². The van der Waals surface area contributed by atoms with E-state index in [2.05, 4.69) is 13.2 Å². The lowest BCUT2D eigenvalue weighted by Crippen LogP contribution is -2.09. The molecule has 13 heavy (non-hydrogen) atoms. The average Bonchev–Trinajstić information content (AvgIpc) is 2.35. The minimum absolute atomic E-state index is 0.195. The number of hydrogen-bond donors (Lipinski definition) is 2. The number of aromatic nitrogens is 1. The van der Waals surface area contributed by atoms with Crippen molar-refractivity contribution in [3.63, 3.8) is 0 Å². The van der Waals surface area contributed by atoms with E-state index in [0.29, 0.717) is 5.57 Å². The molecule has 1 rings (SSSR count). The molecule has 0 amide bonds. The van der Waals surface area contributed by atoms with Crippen molar-refractivity contribution in [1.82, 2.24) is 4.73 Å². The Morgan fingerprint density at radius 2 is 1.77 bits per heavy atom. The van der Waals surface area contributed by atoms with Gasteiger partial charge >= 0.3 is 0 Å². The number of nitrogens with zero attached hydrogens (tertiary/aromatic N) is 1. The second-order valence-electron chi connectivity index (χ2n) is 2.64. The van der Waals surface area contributed by atoms with Gasteiger partial charge in [0.15, 0.2) is 5.76 Å². The van der Waals surface area contributed by atoms with E-state index >= 15 is 0 Å². The van der Waals surface area contributed by atoms with Crippen LogP contribution in [0.1, 0.15) is 6.92 Å². The maximum absolute atomic E-state index is 9.17. The Hall–Kier alpha value is -1.84. The fourth-order valence-corrected chi connectivity index (χ4v) is 0.683. The van der Waals surface area contributed by atoms with Gasteiger partial charge in [0.2, 0.25) is 11.8 Å². The third-order valence-corrected chi connectivity index (χ3v) is 1.48. The lowest BCUT2D eigenvalue weighted by molar-refractivity contribution is 0.136. The number of rotatable bonds is 3. The normalized spacial score (nSPS) is 9.62. The van der Waals surface area contributed by atoms with Crippen LogP contribution in [0.2, 0.25) is 0 Å². The van der Waals surface area contributed by atoms with E-state index in [1.54, 1.807) is 6.92 Å². The molecular weight excluding hydrogens is 170 g/mol. The molecule has 0 aliphatic rings. The summed E-state index contributed by atoms with van der Waals surface area (Å²) < 4.78 is 0.858. The quantitative estimate of drug-likeness (QED) is 0.547. The monoisotopic (exact) mass is 181 g/mol. The number of allylic oxidation sites excluding steroid dienone is 1. The predicted octanol–water partition coefficient (Wildman–Crippen LogP) is 1.42. The first-order valence-electron chi connectivity index (χ1n) is 3.65. The molecule has 1 heterocycles. The Bertz CT molecular complexity index is 332. The topological polar surface area (TPSA) is 54.6 Å². The molecular formula is C9H11NO3. The van der Waals surface area contributed by atoms with Gasteiger partial charge in [-0.05, 0) is 12.5 Å². The molecule has 0 fully saturated rings. The summed E-state index contributed by atoms with van der Waals surface area (Å²) in [7, 11) is 0. The average molecular weight is 181 g/mol. The third-order valence-electron chi connectivity index (χ3n) is 1.48. The Labute approximate surface area is 76.0 Å². The van der Waals surface area contributed by atoms with Crippen LogP contribution in [0, 0.1) is 0 Å². The maximum atomic E-state index is 9.17. The molecule has 0 bridgehead atoms. The van der Waals surface area contributed by atoms with E-state index in [4.69, 9.17) is 15.1 Å². The summed E-state index contributed by atoms with van der Waals surface area (Å²) in [5.41, 5.74) is 0.618. The van der Waals surface area contributed by atoms with E-state index in [9.17, 15) is 0 Å². The van der Waals surface area contributed by atoms with Crippen molar-refractivity contribution in [3.8, 4) is 11.8 Å². The Morgan fingerprint density at radius 3 is 2.15 bits per heavy atom. The molecule has 0 saturated carbocycles. The van der Waals surface area contributed by atoms with Gasteiger partial charge in [-0.3, -0.25) is 0 Å². The fourth-order valence-electron chi connectivity index (χ4n) is 0.683. The molecule has 4 nitrogen and oxygen atoms in total. The minimum Gasteiger partial charge on any atom is -0.492 e. The van der Waals surface area contributed by atoms with Crippen molar-refractivity contribution < 1.29 is 15.1 Å². The maximum Gasteiger partial charge on any atom is 0.229 e. The first-order chi connectivity index (χ1) is 6.02. The third kappa shape index (κ3) is 1.84. The molecule has 1 aromatic heterocycles. The minimum atomic E-state index is -0.195. The molecule has 2 N–H and O–H groups in total. The van der Waals surface area contributed by atoms with Crippen LogP contribution < -0.4 is 4.84 Å². The van der Waals surface area contributed by atoms with Crippen molar-refractivity contribution >= 4 is 0 Å². The van der Waals surface area contributed by atoms with Crippen LogP contribution in [-0.4, -0.2) is 14.9 Å². The van der Waals surface area contributed by atoms with Gasteiger partial charge in [0.25, 0.3) is 0 Å². The summed E-state index contributed by atoms with van der Waals surface area (Å²) in [4.78, 5) is 5.00. The van der Waals surface area contributed by atoms with Crippen LogP contribution in [-0.2, 0) is 0 Å². The highest BCUT2D eigenvalue weighted by atomic mass is 16.7. The highest BCUT2D eigenvalue weighted by Gasteiger charge is 2.08. The van der Waals surface area contributed by atoms with Gasteiger partial charge in [-0.25, -0.2) is 0 Å². The molecule has 0 aromatic carbocycles. The van der Waals surface area contributed by atoms with Gasteiger partial charge in [-0.1, -0.05) is 13.2 Å². The lowest BCUT2D eigenvalue weighted by atomic mass is 10.3. The zero-order chi connectivity index (χ0) is 10.0. The van der Waals surface area contributed by atoms with Gasteiger partial charge < -0.3 is 15.1 Å². The van der Waals surface area contributed by atoms with Crippen LogP contribution >= 0.6 is 0 Å². The molecule has 0 radical (unpaired) electrons. The molecule has 0 aliphatic carbocycles. The van der Waals surface area contributed by atoms with E-state index in [1.165, 1.54) is 12.1 Å². The van der Waals surface area contributed by atoms with E-state index in [1.807, 2.05) is 0 Å². The first-order valence-corrected chi connectivity index (χ1v) is 3.65. The number of aromatic hydroxyl groups is 2. The molecule has 0 aliphatic heterocycles. The van der Waals surface area contributed by atoms with Crippen molar-refractivity contribution in [2.45, 2.75) is 6.92 Å². The SMILES string of the molecule is C=C(C)C(=C)On1c(O)ccc1O. The van der Waals surface area contributed by atoms with Crippen LogP contribution in [0.4, 0.5) is 0 Å². The summed E-state index contributed by atoms with van der Waals surface area (Å²) in [5.74, 6) is -0.110. The van der Waals surface area contributed by atoms with Crippen molar-refractivity contribution in [2.75, 3.05) is 0 Å². The first kappa shape index (κ1) is 9.25. The van der Waals surface area contributed by atoms with Crippen LogP contribution in [0.3, 0.4) is 0 Å². The smallest absolute Gasteiger partial charge is 0.229 e. The van der Waals surface area contributed by atoms with E-state index < -0.39 is 0 Å². The summed E-state index contributed by atoms with van der Waals surface area (Å²) in [5, 5.41) is 18.3. The molecule has 0 saturated heterocycles. The fraction of sp³-hybridized carbons (Fsp3) is 0.111. The van der Waals surface area contributed by atoms with Crippen molar-refractivity contribution in [3.05, 3.63) is 36.6 Å². The van der Waals surface area contributed by atoms with Crippen LogP contribution in [0.5, 0.6) is 11.8 Å². The molecule has 1 aromatic rings. The Balaban J connectivity index is 2.85. The molecule has 4 heteroatoms. The summed E-state index contributed by atoms with van der Waals surface area (Å²) in [6, 6.07) is 2.61.